The highest BCUT2D eigenvalue weighted by Crippen LogP contribution is 2.49. The van der Waals surface area contributed by atoms with Crippen LogP contribution in [0.3, 0.4) is 0 Å². The van der Waals surface area contributed by atoms with Crippen LogP contribution in [-0.2, 0) is 0 Å². The minimum absolute atomic E-state index is 0.292. The topological polar surface area (TPSA) is 17.1 Å². The Labute approximate surface area is 130 Å². The van der Waals surface area contributed by atoms with Crippen molar-refractivity contribution in [2.24, 2.45) is 17.8 Å². The Morgan fingerprint density at radius 3 is 2.57 bits per heavy atom. The Balaban J connectivity index is 1.64. The average molecular weight is 299 g/mol. The molecule has 3 atom stereocenters. The molecule has 0 saturated heterocycles. The van der Waals surface area contributed by atoms with E-state index in [1.807, 2.05) is 36.4 Å². The first-order valence-corrected chi connectivity index (χ1v) is 8.30. The van der Waals surface area contributed by atoms with Crippen molar-refractivity contribution in [2.75, 3.05) is 0 Å². The van der Waals surface area contributed by atoms with Crippen molar-refractivity contribution < 1.29 is 4.79 Å². The predicted molar refractivity (Wildman–Crippen MR) is 86.8 cm³/mol. The summed E-state index contributed by atoms with van der Waals surface area (Å²) in [6, 6.07) is 11.7. The molecule has 0 amide bonds. The fourth-order valence-corrected chi connectivity index (χ4v) is 4.71. The van der Waals surface area contributed by atoms with Gasteiger partial charge in [-0.15, -0.1) is 0 Å². The Morgan fingerprint density at radius 1 is 1.05 bits per heavy atom. The molecule has 2 aliphatic rings. The molecule has 2 heteroatoms. The number of halogens is 1. The van der Waals surface area contributed by atoms with Gasteiger partial charge in [-0.25, -0.2) is 0 Å². The number of ketones is 1. The molecule has 0 spiro atoms. The fraction of sp³-hybridized carbons (Fsp3) is 0.421. The van der Waals surface area contributed by atoms with Gasteiger partial charge in [-0.05, 0) is 54.5 Å². The van der Waals surface area contributed by atoms with E-state index in [0.29, 0.717) is 18.1 Å². The summed E-state index contributed by atoms with van der Waals surface area (Å²) in [4.78, 5) is 12.8. The molecule has 2 aromatic carbocycles. The molecule has 4 rings (SSSR count). The maximum Gasteiger partial charge on any atom is 0.163 e. The van der Waals surface area contributed by atoms with E-state index in [4.69, 9.17) is 11.6 Å². The lowest BCUT2D eigenvalue weighted by Crippen LogP contribution is -2.15. The Bertz CT molecular complexity index is 706. The number of hydrogen-bond donors (Lipinski definition) is 0. The van der Waals surface area contributed by atoms with E-state index in [2.05, 4.69) is 0 Å². The van der Waals surface area contributed by atoms with Crippen molar-refractivity contribution in [2.45, 2.75) is 32.1 Å². The molecule has 2 bridgehead atoms. The van der Waals surface area contributed by atoms with Crippen LogP contribution in [0.25, 0.3) is 10.8 Å². The van der Waals surface area contributed by atoms with Gasteiger partial charge in [0, 0.05) is 22.4 Å². The first-order chi connectivity index (χ1) is 10.2. The fourth-order valence-electron chi connectivity index (χ4n) is 4.48. The van der Waals surface area contributed by atoms with Gasteiger partial charge in [-0.1, -0.05) is 42.3 Å². The third-order valence-electron chi connectivity index (χ3n) is 5.50. The largest absolute Gasteiger partial charge is 0.294 e. The lowest BCUT2D eigenvalue weighted by Gasteiger charge is -2.21. The summed E-state index contributed by atoms with van der Waals surface area (Å²) in [5.74, 6) is 2.61. The molecule has 108 valence electrons. The number of rotatable bonds is 3. The number of benzene rings is 2. The lowest BCUT2D eigenvalue weighted by atomic mass is 9.83. The van der Waals surface area contributed by atoms with E-state index >= 15 is 0 Å². The zero-order valence-corrected chi connectivity index (χ0v) is 12.8. The molecule has 0 aliphatic heterocycles. The average Bonchev–Trinajstić information content (AvgIpc) is 3.10. The quantitative estimate of drug-likeness (QED) is 0.684. The molecular formula is C19H19ClO. The lowest BCUT2D eigenvalue weighted by molar-refractivity contribution is 0.0946. The van der Waals surface area contributed by atoms with Crippen molar-refractivity contribution in [1.29, 1.82) is 0 Å². The first kappa shape index (κ1) is 13.3. The van der Waals surface area contributed by atoms with Crippen LogP contribution < -0.4 is 0 Å². The molecule has 1 nitrogen and oxygen atoms in total. The molecular weight excluding hydrogens is 280 g/mol. The summed E-state index contributed by atoms with van der Waals surface area (Å²) in [5, 5.41) is 2.71. The number of carbonyl (C=O) groups excluding carboxylic acids is 1. The summed E-state index contributed by atoms with van der Waals surface area (Å²) in [6.45, 7) is 0. The van der Waals surface area contributed by atoms with E-state index in [1.54, 1.807) is 0 Å². The van der Waals surface area contributed by atoms with Crippen molar-refractivity contribution >= 4 is 28.2 Å². The molecule has 0 aromatic heterocycles. The summed E-state index contributed by atoms with van der Waals surface area (Å²) >= 11 is 6.24. The van der Waals surface area contributed by atoms with E-state index in [9.17, 15) is 4.79 Å². The molecule has 2 aromatic rings. The van der Waals surface area contributed by atoms with Crippen LogP contribution in [0.2, 0.25) is 5.02 Å². The summed E-state index contributed by atoms with van der Waals surface area (Å²) in [7, 11) is 0. The van der Waals surface area contributed by atoms with Gasteiger partial charge in [0.1, 0.15) is 0 Å². The minimum atomic E-state index is 0.292. The van der Waals surface area contributed by atoms with Crippen LogP contribution >= 0.6 is 11.6 Å². The van der Waals surface area contributed by atoms with Crippen LogP contribution in [0.4, 0.5) is 0 Å². The van der Waals surface area contributed by atoms with Gasteiger partial charge < -0.3 is 0 Å². The number of Topliss-reactive ketones (excluding diaryl/α,β-unsaturated/α-hetero) is 1. The monoisotopic (exact) mass is 298 g/mol. The first-order valence-electron chi connectivity index (χ1n) is 7.93. The third-order valence-corrected chi connectivity index (χ3v) is 5.83. The molecule has 0 N–H and O–H groups in total. The van der Waals surface area contributed by atoms with Crippen molar-refractivity contribution in [1.82, 2.24) is 0 Å². The zero-order chi connectivity index (χ0) is 14.4. The van der Waals surface area contributed by atoms with E-state index in [-0.39, 0.29) is 0 Å². The van der Waals surface area contributed by atoms with Gasteiger partial charge in [0.2, 0.25) is 0 Å². The third kappa shape index (κ3) is 2.28. The van der Waals surface area contributed by atoms with E-state index < -0.39 is 0 Å². The molecule has 2 fully saturated rings. The normalized spacial score (nSPS) is 27.4. The van der Waals surface area contributed by atoms with Gasteiger partial charge in [0.05, 0.1) is 0 Å². The predicted octanol–water partition coefficient (Wildman–Crippen LogP) is 5.50. The van der Waals surface area contributed by atoms with Crippen molar-refractivity contribution in [3.05, 3.63) is 47.0 Å². The number of hydrogen-bond acceptors (Lipinski definition) is 1. The minimum Gasteiger partial charge on any atom is -0.294 e. The van der Waals surface area contributed by atoms with Crippen LogP contribution in [0.1, 0.15) is 42.5 Å². The molecule has 2 saturated carbocycles. The van der Waals surface area contributed by atoms with Gasteiger partial charge in [0.15, 0.2) is 5.78 Å². The molecule has 2 aliphatic carbocycles. The number of fused-ring (bicyclic) bond motifs is 3. The highest BCUT2D eigenvalue weighted by molar-refractivity contribution is 6.36. The van der Waals surface area contributed by atoms with Gasteiger partial charge in [0.25, 0.3) is 0 Å². The molecule has 0 radical (unpaired) electrons. The highest BCUT2D eigenvalue weighted by Gasteiger charge is 2.40. The second-order valence-electron chi connectivity index (χ2n) is 6.70. The summed E-state index contributed by atoms with van der Waals surface area (Å²) in [5.41, 5.74) is 0.845. The van der Waals surface area contributed by atoms with Crippen molar-refractivity contribution in [3.8, 4) is 0 Å². The summed E-state index contributed by atoms with van der Waals surface area (Å²) in [6.07, 6.45) is 6.07. The maximum absolute atomic E-state index is 12.8. The Morgan fingerprint density at radius 2 is 1.86 bits per heavy atom. The van der Waals surface area contributed by atoms with Crippen LogP contribution in [0.5, 0.6) is 0 Å². The van der Waals surface area contributed by atoms with Crippen LogP contribution in [0.15, 0.2) is 36.4 Å². The van der Waals surface area contributed by atoms with Crippen LogP contribution in [-0.4, -0.2) is 5.78 Å². The van der Waals surface area contributed by atoms with E-state index in [1.165, 1.54) is 25.7 Å². The summed E-state index contributed by atoms with van der Waals surface area (Å²) < 4.78 is 0. The number of carbonyl (C=O) groups is 1. The van der Waals surface area contributed by atoms with Crippen LogP contribution in [0, 0.1) is 17.8 Å². The van der Waals surface area contributed by atoms with Gasteiger partial charge >= 0.3 is 0 Å². The second kappa shape index (κ2) is 5.14. The SMILES string of the molecule is O=C(CC1CC2CCC1C2)c1ccc(Cl)c2ccccc12. The highest BCUT2D eigenvalue weighted by atomic mass is 35.5. The van der Waals surface area contributed by atoms with Crippen molar-refractivity contribution in [3.63, 3.8) is 0 Å². The maximum atomic E-state index is 12.8. The van der Waals surface area contributed by atoms with Gasteiger partial charge in [-0.2, -0.15) is 0 Å². The standard InChI is InChI=1S/C19H19ClO/c20-18-8-7-17(15-3-1-2-4-16(15)18)19(21)11-14-10-12-5-6-13(14)9-12/h1-4,7-8,12-14H,5-6,9-11H2. The Kier molecular flexibility index (Phi) is 3.26. The molecule has 3 unspecified atom stereocenters. The van der Waals surface area contributed by atoms with E-state index in [0.717, 1.165) is 33.2 Å². The second-order valence-corrected chi connectivity index (χ2v) is 7.11. The smallest absolute Gasteiger partial charge is 0.163 e. The zero-order valence-electron chi connectivity index (χ0n) is 12.0. The molecule has 21 heavy (non-hydrogen) atoms. The Hall–Kier alpha value is -1.34. The molecule has 0 heterocycles. The van der Waals surface area contributed by atoms with Gasteiger partial charge in [-0.3, -0.25) is 4.79 Å².